The predicted octanol–water partition coefficient (Wildman–Crippen LogP) is 0.528. The minimum Gasteiger partial charge on any atom is -0.508 e. The number of phenolic OH excluding ortho intramolecular Hbond substituents is 3. The van der Waals surface area contributed by atoms with E-state index in [1.807, 2.05) is 13.8 Å². The summed E-state index contributed by atoms with van der Waals surface area (Å²) >= 11 is 14.1. The third kappa shape index (κ3) is 16.3. The highest BCUT2D eigenvalue weighted by molar-refractivity contribution is 6.32. The molecule has 7 aliphatic rings. The summed E-state index contributed by atoms with van der Waals surface area (Å²) in [6.45, 7) is 5.66. The fraction of sp³-hybridized carbons (Fsp3) is 0.424. The first kappa shape index (κ1) is 77.3. The molecule has 0 aliphatic carbocycles. The van der Waals surface area contributed by atoms with Gasteiger partial charge in [0.2, 0.25) is 53.4 Å². The van der Waals surface area contributed by atoms with Gasteiger partial charge in [-0.15, -0.1) is 12.4 Å². The minimum atomic E-state index is -2.35. The zero-order chi connectivity index (χ0) is 73.5. The molecule has 18 atom stereocenters. The summed E-state index contributed by atoms with van der Waals surface area (Å²) in [7, 11) is 1.47. The summed E-state index contributed by atoms with van der Waals surface area (Å²) in [5, 5.41) is 131. The van der Waals surface area contributed by atoms with Crippen molar-refractivity contribution in [3.8, 4) is 57.1 Å². The van der Waals surface area contributed by atoms with Gasteiger partial charge in [-0.3, -0.25) is 33.6 Å². The average Bonchev–Trinajstić information content (AvgIpc) is 0.773. The largest absolute Gasteiger partial charge is 0.508 e. The van der Waals surface area contributed by atoms with E-state index >= 15 is 14.4 Å². The molecule has 33 nitrogen and oxygen atoms in total. The predicted molar refractivity (Wildman–Crippen MR) is 357 cm³/mol. The van der Waals surface area contributed by atoms with Crippen LogP contribution in [-0.4, -0.2) is 191 Å². The van der Waals surface area contributed by atoms with Gasteiger partial charge in [0.05, 0.1) is 41.3 Å². The molecule has 0 spiro atoms. The first-order chi connectivity index (χ1) is 47.7. The maximum atomic E-state index is 16.0. The Labute approximate surface area is 596 Å². The van der Waals surface area contributed by atoms with Crippen molar-refractivity contribution in [3.05, 3.63) is 117 Å². The second kappa shape index (κ2) is 31.4. The Balaban J connectivity index is 0.0000121. The molecule has 36 heteroatoms. The standard InChI is InChI=1S/C66H75Cl2N9O24.ClH/c1-23(2)12-34(71-5)58(88)76-49-51(83)26-7-10-38(32(67)14-26)97-40-16-28-17-41(55(40)101-65-56(54(86)53(85)42(22-78)99-65)100-44-21-66(4,70)57(87)24(3)96-44)98-39-11-8-27(15-33(39)68)52(84)50-63(93)75-48(64(94)95)31-18-29(79)19-37(81)45(31)30-13-25(6-9-36(30)80)46(60(90)77-50)74-61(91)47(28)73-59(89)35(20-43(69)82)72-62(49)92;/h6-11,13-19,23-24,34-35,42,44,46-54,56-57,65,71,78-81,83-87H,12,20-22,70H2,1-5H3,(H2,69,82)(H,72,92)(H,73,89)(H,74,91)(H,75,93)(H,76,88)(H,77,90)(H,94,95);1H/t24-,34+,35-,42?,44-,46+,47+,48-,49+,50-,51+,52+,53+,54-,56+,57+,65-,66-;/m0./s1. The first-order valence-electron chi connectivity index (χ1n) is 31.6. The van der Waals surface area contributed by atoms with Crippen molar-refractivity contribution in [2.24, 2.45) is 17.4 Å². The van der Waals surface area contributed by atoms with Gasteiger partial charge in [-0.1, -0.05) is 55.2 Å². The van der Waals surface area contributed by atoms with Crippen LogP contribution in [0, 0.1) is 5.92 Å². The van der Waals surface area contributed by atoms with Crippen LogP contribution in [0.1, 0.15) is 105 Å². The Bertz CT molecular complexity index is 4080. The monoisotopic (exact) mass is 1480 g/mol. The van der Waals surface area contributed by atoms with Crippen LogP contribution in [0.3, 0.4) is 0 Å². The summed E-state index contributed by atoms with van der Waals surface area (Å²) in [6, 6.07) is -0.679. The summed E-state index contributed by atoms with van der Waals surface area (Å²) in [4.78, 5) is 117. The SMILES string of the molecule is CN[C@H](CC(C)C)C(=O)N[C@H]1C(=O)N[C@@H](CC(N)=O)C(=O)N[C@H]2C(=O)N[C@H]3C(=O)N[C@H](C(=O)N[C@H](C(=O)O)c4cc(O)cc(O)c4-c4cc3ccc4O)[C@H](O)c3ccc(c(Cl)c3)Oc3cc2cc(c3O[C@@H]2OC(CO)[C@@H](O)[C@H](O)[C@H]2O[C@H]2C[C@](C)(N)[C@H](O)[C@H](C)O2)Oc2ccc(cc2Cl)[C@H]1O.Cl. The summed E-state index contributed by atoms with van der Waals surface area (Å²) in [5.74, 6) is -16.0. The van der Waals surface area contributed by atoms with Crippen LogP contribution in [0.15, 0.2) is 78.9 Å². The number of hydrogen-bond donors (Lipinski definition) is 19. The molecule has 1 unspecified atom stereocenters. The van der Waals surface area contributed by atoms with E-state index in [-0.39, 0.29) is 58.6 Å². The normalized spacial score (nSPS) is 29.1. The highest BCUT2D eigenvalue weighted by Crippen LogP contribution is 2.50. The highest BCUT2D eigenvalue weighted by atomic mass is 35.5. The summed E-state index contributed by atoms with van der Waals surface area (Å²) in [6.07, 6.45) is -18.6. The molecule has 7 heterocycles. The lowest BCUT2D eigenvalue weighted by molar-refractivity contribution is -0.333. The first-order valence-corrected chi connectivity index (χ1v) is 32.4. The zero-order valence-electron chi connectivity index (χ0n) is 54.7. The number of carbonyl (C=O) groups excluding carboxylic acids is 7. The van der Waals surface area contributed by atoms with E-state index < -0.39 is 237 Å². The number of nitrogens with one attached hydrogen (secondary N) is 7. The number of hydrogen-bond acceptors (Lipinski definition) is 25. The number of carboxylic acids is 1. The van der Waals surface area contributed by atoms with Gasteiger partial charge in [-0.25, -0.2) is 4.79 Å². The maximum Gasteiger partial charge on any atom is 0.330 e. The minimum absolute atomic E-state index is 0. The lowest BCUT2D eigenvalue weighted by Gasteiger charge is -2.47. The number of aliphatic hydroxyl groups excluding tert-OH is 6. The van der Waals surface area contributed by atoms with Crippen LogP contribution in [0.4, 0.5) is 0 Å². The summed E-state index contributed by atoms with van der Waals surface area (Å²) in [5.41, 5.74) is 8.00. The lowest BCUT2D eigenvalue weighted by atomic mass is 9.86. The number of carbonyl (C=O) groups is 8. The Morgan fingerprint density at radius 2 is 1.31 bits per heavy atom. The van der Waals surface area contributed by atoms with Gasteiger partial charge in [-0.2, -0.15) is 0 Å². The summed E-state index contributed by atoms with van der Waals surface area (Å²) < 4.78 is 38.3. The van der Waals surface area contributed by atoms with Crippen molar-refractivity contribution in [3.63, 3.8) is 0 Å². The van der Waals surface area contributed by atoms with E-state index in [1.54, 1.807) is 0 Å². The van der Waals surface area contributed by atoms with Gasteiger partial charge in [-0.05, 0) is 110 Å². The topological polar surface area (TPSA) is 530 Å². The molecule has 0 radical (unpaired) electrons. The zero-order valence-corrected chi connectivity index (χ0v) is 57.1. The molecule has 0 aromatic heterocycles. The van der Waals surface area contributed by atoms with Crippen LogP contribution in [0.2, 0.25) is 10.0 Å². The smallest absolute Gasteiger partial charge is 0.330 e. The third-order valence-electron chi connectivity index (χ3n) is 17.8. The molecule has 550 valence electrons. The van der Waals surface area contributed by atoms with E-state index in [1.165, 1.54) is 33.0 Å². The molecular formula is C66H76Cl3N9O24. The number of ether oxygens (including phenoxy) is 6. The van der Waals surface area contributed by atoms with Crippen LogP contribution in [0.5, 0.6) is 46.0 Å². The van der Waals surface area contributed by atoms with Crippen molar-refractivity contribution in [2.45, 2.75) is 156 Å². The van der Waals surface area contributed by atoms with Crippen molar-refractivity contribution >= 4 is 82.9 Å². The third-order valence-corrected chi connectivity index (χ3v) is 18.4. The molecule has 12 rings (SSSR count). The second-order valence-electron chi connectivity index (χ2n) is 25.7. The number of likely N-dealkylation sites (N-methyl/N-ethyl adjacent to an activating group) is 1. The number of aliphatic carboxylic acids is 1. The number of carboxylic acid groups (broad SMARTS) is 1. The molecule has 5 aromatic rings. The molecule has 102 heavy (non-hydrogen) atoms. The molecule has 7 amide bonds. The van der Waals surface area contributed by atoms with Gasteiger partial charge < -0.3 is 128 Å². The van der Waals surface area contributed by atoms with Crippen LogP contribution in [0.25, 0.3) is 11.1 Å². The number of phenols is 3. The van der Waals surface area contributed by atoms with Crippen molar-refractivity contribution < 1.29 is 118 Å². The Morgan fingerprint density at radius 3 is 1.89 bits per heavy atom. The number of primary amides is 1. The molecule has 0 saturated carbocycles. The lowest BCUT2D eigenvalue weighted by Crippen LogP contribution is -2.64. The molecule has 21 N–H and O–H groups in total. The molecule has 2 fully saturated rings. The number of rotatable bonds is 13. The van der Waals surface area contributed by atoms with Gasteiger partial charge in [0.1, 0.15) is 89.5 Å². The fourth-order valence-electron chi connectivity index (χ4n) is 12.5. The van der Waals surface area contributed by atoms with Crippen LogP contribution < -0.4 is 62.9 Å². The average molecular weight is 1490 g/mol. The van der Waals surface area contributed by atoms with Crippen molar-refractivity contribution in [2.75, 3.05) is 13.7 Å². The van der Waals surface area contributed by atoms with Crippen LogP contribution in [-0.2, 0) is 52.6 Å². The Hall–Kier alpha value is -8.91. The van der Waals surface area contributed by atoms with E-state index in [4.69, 9.17) is 63.1 Å². The van der Waals surface area contributed by atoms with E-state index in [0.717, 1.165) is 66.7 Å². The quantitative estimate of drug-likeness (QED) is 0.0764. The molecule has 5 aromatic carbocycles. The number of halogens is 3. The maximum absolute atomic E-state index is 16.0. The number of nitrogens with two attached hydrogens (primary N) is 2. The Kier molecular flexibility index (Phi) is 23.8. The number of amides is 7. The van der Waals surface area contributed by atoms with E-state index in [0.29, 0.717) is 0 Å². The van der Waals surface area contributed by atoms with Crippen LogP contribution >= 0.6 is 35.6 Å². The van der Waals surface area contributed by atoms with Gasteiger partial charge in [0, 0.05) is 34.7 Å². The van der Waals surface area contributed by atoms with Gasteiger partial charge >= 0.3 is 5.97 Å². The van der Waals surface area contributed by atoms with Crippen molar-refractivity contribution in [1.82, 2.24) is 37.2 Å². The molecule has 11 bridgehead atoms. The van der Waals surface area contributed by atoms with Gasteiger partial charge in [0.25, 0.3) is 0 Å². The molecule has 7 aliphatic heterocycles. The molecular weight excluding hydrogens is 1410 g/mol. The molecule has 2 saturated heterocycles. The van der Waals surface area contributed by atoms with Gasteiger partial charge in [0.15, 0.2) is 29.9 Å². The fourth-order valence-corrected chi connectivity index (χ4v) is 12.9. The van der Waals surface area contributed by atoms with E-state index in [9.17, 15) is 75.0 Å². The Morgan fingerprint density at radius 1 is 0.716 bits per heavy atom. The number of fused-ring (bicyclic) bond motifs is 15. The van der Waals surface area contributed by atoms with E-state index in [2.05, 4.69) is 37.2 Å². The number of aromatic hydroxyl groups is 3. The number of aliphatic hydroxyl groups is 6. The second-order valence-corrected chi connectivity index (χ2v) is 26.5. The number of benzene rings is 5. The highest BCUT2D eigenvalue weighted by Gasteiger charge is 2.51. The van der Waals surface area contributed by atoms with Crippen molar-refractivity contribution in [1.29, 1.82) is 0 Å².